The predicted molar refractivity (Wildman–Crippen MR) is 90.8 cm³/mol. The van der Waals surface area contributed by atoms with E-state index in [1.54, 1.807) is 6.08 Å². The van der Waals surface area contributed by atoms with Gasteiger partial charge in [-0.1, -0.05) is 23.7 Å². The number of hydrogen-bond donors (Lipinski definition) is 1. The topological polar surface area (TPSA) is 49.4 Å². The third kappa shape index (κ3) is 5.90. The third-order valence-electron chi connectivity index (χ3n) is 3.09. The van der Waals surface area contributed by atoms with Crippen LogP contribution in [-0.2, 0) is 9.59 Å². The van der Waals surface area contributed by atoms with E-state index in [9.17, 15) is 9.59 Å². The number of hydrogen-bond acceptors (Lipinski definition) is 2. The number of nitrogens with one attached hydrogen (secondary N) is 1. The molecule has 0 saturated heterocycles. The maximum Gasteiger partial charge on any atom is 0.247 e. The van der Waals surface area contributed by atoms with Crippen LogP contribution in [0.4, 0.5) is 0 Å². The number of benzene rings is 1. The van der Waals surface area contributed by atoms with Crippen molar-refractivity contribution < 1.29 is 9.59 Å². The molecule has 0 saturated carbocycles. The molecule has 120 valence electrons. The van der Waals surface area contributed by atoms with Gasteiger partial charge in [-0.25, -0.2) is 0 Å². The minimum absolute atomic E-state index is 0.0616. The summed E-state index contributed by atoms with van der Waals surface area (Å²) in [6, 6.07) is 5.67. The Labute approximate surface area is 137 Å². The van der Waals surface area contributed by atoms with Gasteiger partial charge < -0.3 is 10.2 Å². The van der Waals surface area contributed by atoms with Crippen LogP contribution in [0.1, 0.15) is 31.9 Å². The Kier molecular flexibility index (Phi) is 7.12. The lowest BCUT2D eigenvalue weighted by Gasteiger charge is -2.19. The van der Waals surface area contributed by atoms with E-state index in [1.165, 1.54) is 11.0 Å². The molecule has 0 bridgehead atoms. The molecule has 1 aromatic rings. The number of nitrogens with zero attached hydrogens (tertiary/aromatic N) is 1. The third-order valence-corrected chi connectivity index (χ3v) is 3.50. The molecule has 1 aromatic carbocycles. The van der Waals surface area contributed by atoms with Gasteiger partial charge in [0.2, 0.25) is 11.8 Å². The zero-order valence-electron chi connectivity index (χ0n) is 13.5. The fourth-order valence-corrected chi connectivity index (χ4v) is 2.06. The minimum atomic E-state index is -0.196. The number of amides is 2. The summed E-state index contributed by atoms with van der Waals surface area (Å²) in [5.74, 6) is -0.352. The van der Waals surface area contributed by atoms with Crippen LogP contribution in [0.2, 0.25) is 5.02 Å². The van der Waals surface area contributed by atoms with E-state index in [2.05, 4.69) is 5.32 Å². The normalized spacial score (nSPS) is 11.0. The first-order chi connectivity index (χ1) is 10.3. The van der Waals surface area contributed by atoms with Gasteiger partial charge in [-0.15, -0.1) is 0 Å². The second-order valence-electron chi connectivity index (χ2n) is 5.42. The zero-order chi connectivity index (χ0) is 16.7. The van der Waals surface area contributed by atoms with Gasteiger partial charge >= 0.3 is 0 Å². The quantitative estimate of drug-likeness (QED) is 0.818. The van der Waals surface area contributed by atoms with Crippen LogP contribution in [-0.4, -0.2) is 35.8 Å². The van der Waals surface area contributed by atoms with Crippen molar-refractivity contribution in [3.63, 3.8) is 0 Å². The van der Waals surface area contributed by atoms with E-state index in [0.29, 0.717) is 11.6 Å². The Morgan fingerprint density at radius 2 is 2.05 bits per heavy atom. The molecule has 5 heteroatoms. The highest BCUT2D eigenvalue weighted by molar-refractivity contribution is 6.31. The summed E-state index contributed by atoms with van der Waals surface area (Å²) < 4.78 is 0. The Balaban J connectivity index is 2.69. The summed E-state index contributed by atoms with van der Waals surface area (Å²) in [6.07, 6.45) is 3.17. The Morgan fingerprint density at radius 3 is 2.59 bits per heavy atom. The van der Waals surface area contributed by atoms with Gasteiger partial charge in [0.15, 0.2) is 0 Å². The molecule has 4 nitrogen and oxygen atoms in total. The van der Waals surface area contributed by atoms with Crippen molar-refractivity contribution in [1.29, 1.82) is 0 Å². The van der Waals surface area contributed by atoms with Crippen LogP contribution in [0.25, 0.3) is 6.08 Å². The molecule has 0 radical (unpaired) electrons. The average Bonchev–Trinajstić information content (AvgIpc) is 2.44. The van der Waals surface area contributed by atoms with Crippen LogP contribution >= 0.6 is 11.6 Å². The van der Waals surface area contributed by atoms with Crippen molar-refractivity contribution in [2.24, 2.45) is 0 Å². The van der Waals surface area contributed by atoms with Gasteiger partial charge in [-0.2, -0.15) is 0 Å². The molecule has 0 spiro atoms. The standard InChI is InChI=1S/C17H23ClN2O2/c1-5-20(11-16(21)19-12(2)3)17(22)9-8-14-7-6-13(4)15(18)10-14/h6-10,12H,5,11H2,1-4H3,(H,19,21)/b9-8+. The van der Waals surface area contributed by atoms with Gasteiger partial charge in [0, 0.05) is 23.7 Å². The van der Waals surface area contributed by atoms with Crippen molar-refractivity contribution >= 4 is 29.5 Å². The maximum atomic E-state index is 12.1. The lowest BCUT2D eigenvalue weighted by Crippen LogP contribution is -2.42. The van der Waals surface area contributed by atoms with Gasteiger partial charge in [0.25, 0.3) is 0 Å². The molecule has 0 aromatic heterocycles. The number of carbonyl (C=O) groups is 2. The molecule has 0 unspecified atom stereocenters. The highest BCUT2D eigenvalue weighted by atomic mass is 35.5. The van der Waals surface area contributed by atoms with E-state index >= 15 is 0 Å². The number of carbonyl (C=O) groups excluding carboxylic acids is 2. The summed E-state index contributed by atoms with van der Waals surface area (Å²) in [4.78, 5) is 25.4. The highest BCUT2D eigenvalue weighted by Crippen LogP contribution is 2.17. The molecule has 1 N–H and O–H groups in total. The first-order valence-electron chi connectivity index (χ1n) is 7.36. The van der Waals surface area contributed by atoms with Crippen molar-refractivity contribution in [3.05, 3.63) is 40.4 Å². The monoisotopic (exact) mass is 322 g/mol. The second kappa shape index (κ2) is 8.59. The lowest BCUT2D eigenvalue weighted by atomic mass is 10.1. The number of likely N-dealkylation sites (N-methyl/N-ethyl adjacent to an activating group) is 1. The molecule has 0 aliphatic rings. The van der Waals surface area contributed by atoms with E-state index in [4.69, 9.17) is 11.6 Å². The Bertz CT molecular complexity index is 568. The molecule has 0 atom stereocenters. The Morgan fingerprint density at radius 1 is 1.36 bits per heavy atom. The van der Waals surface area contributed by atoms with Crippen molar-refractivity contribution in [2.45, 2.75) is 33.7 Å². The van der Waals surface area contributed by atoms with Gasteiger partial charge in [0.1, 0.15) is 0 Å². The molecular formula is C17H23ClN2O2. The molecular weight excluding hydrogens is 300 g/mol. The fraction of sp³-hybridized carbons (Fsp3) is 0.412. The van der Waals surface area contributed by atoms with Gasteiger partial charge in [-0.3, -0.25) is 9.59 Å². The van der Waals surface area contributed by atoms with Gasteiger partial charge in [-0.05, 0) is 51.0 Å². The SMILES string of the molecule is CCN(CC(=O)NC(C)C)C(=O)/C=C/c1ccc(C)c(Cl)c1. The van der Waals surface area contributed by atoms with Crippen molar-refractivity contribution in [2.75, 3.05) is 13.1 Å². The fourth-order valence-electron chi connectivity index (χ4n) is 1.87. The smallest absolute Gasteiger partial charge is 0.247 e. The molecule has 1 rings (SSSR count). The van der Waals surface area contributed by atoms with E-state index in [0.717, 1.165) is 11.1 Å². The molecule has 22 heavy (non-hydrogen) atoms. The first-order valence-corrected chi connectivity index (χ1v) is 7.73. The average molecular weight is 323 g/mol. The van der Waals surface area contributed by atoms with E-state index in [1.807, 2.05) is 45.9 Å². The summed E-state index contributed by atoms with van der Waals surface area (Å²) in [5.41, 5.74) is 1.84. The molecule has 0 aliphatic heterocycles. The van der Waals surface area contributed by atoms with Gasteiger partial charge in [0.05, 0.1) is 6.54 Å². The number of aryl methyl sites for hydroxylation is 1. The van der Waals surface area contributed by atoms with E-state index in [-0.39, 0.29) is 24.4 Å². The Hall–Kier alpha value is -1.81. The first kappa shape index (κ1) is 18.2. The van der Waals surface area contributed by atoms with E-state index < -0.39 is 0 Å². The van der Waals surface area contributed by atoms with Crippen LogP contribution in [0.5, 0.6) is 0 Å². The van der Waals surface area contributed by atoms with Crippen molar-refractivity contribution in [1.82, 2.24) is 10.2 Å². The highest BCUT2D eigenvalue weighted by Gasteiger charge is 2.13. The molecule has 0 heterocycles. The number of halogens is 1. The molecule has 0 aliphatic carbocycles. The summed E-state index contributed by atoms with van der Waals surface area (Å²) in [7, 11) is 0. The van der Waals surface area contributed by atoms with Crippen molar-refractivity contribution in [3.8, 4) is 0 Å². The molecule has 0 fully saturated rings. The molecule has 2 amide bonds. The van der Waals surface area contributed by atoms with Crippen LogP contribution in [0, 0.1) is 6.92 Å². The van der Waals surface area contributed by atoms with Crippen LogP contribution < -0.4 is 5.32 Å². The second-order valence-corrected chi connectivity index (χ2v) is 5.82. The summed E-state index contributed by atoms with van der Waals surface area (Å²) in [5, 5.41) is 3.44. The summed E-state index contributed by atoms with van der Waals surface area (Å²) >= 11 is 6.05. The lowest BCUT2D eigenvalue weighted by molar-refractivity contribution is -0.132. The maximum absolute atomic E-state index is 12.1. The van der Waals surface area contributed by atoms with Crippen LogP contribution in [0.15, 0.2) is 24.3 Å². The predicted octanol–water partition coefficient (Wildman–Crippen LogP) is 3.03. The van der Waals surface area contributed by atoms with Crippen LogP contribution in [0.3, 0.4) is 0 Å². The number of rotatable bonds is 6. The zero-order valence-corrected chi connectivity index (χ0v) is 14.3. The summed E-state index contributed by atoms with van der Waals surface area (Å²) in [6.45, 7) is 8.08. The minimum Gasteiger partial charge on any atom is -0.352 e. The largest absolute Gasteiger partial charge is 0.352 e.